The first-order valence-corrected chi connectivity index (χ1v) is 16.8. The molecule has 1 aromatic carbocycles. The van der Waals surface area contributed by atoms with Crippen molar-refractivity contribution < 1.29 is 32.1 Å². The molecule has 6 heterocycles. The third-order valence-electron chi connectivity index (χ3n) is 8.26. The smallest absolute Gasteiger partial charge is 0.274 e. The van der Waals surface area contributed by atoms with Crippen molar-refractivity contribution in [2.45, 2.75) is 52.7 Å². The topological polar surface area (TPSA) is 204 Å². The zero-order valence-electron chi connectivity index (χ0n) is 27.4. The Kier molecular flexibility index (Phi) is 8.84. The molecule has 50 heavy (non-hydrogen) atoms. The summed E-state index contributed by atoms with van der Waals surface area (Å²) in [6, 6.07) is 7.13. The number of carbonyl (C=O) groups excluding carboxylic acids is 3. The van der Waals surface area contributed by atoms with E-state index in [-0.39, 0.29) is 53.4 Å². The van der Waals surface area contributed by atoms with E-state index in [2.05, 4.69) is 40.9 Å². The molecule has 10 bridgehead atoms. The van der Waals surface area contributed by atoms with Crippen LogP contribution < -0.4 is 16.0 Å². The quantitative estimate of drug-likeness (QED) is 0.214. The summed E-state index contributed by atoms with van der Waals surface area (Å²) in [5.41, 5.74) is 2.00. The molecule has 256 valence electrons. The Labute approximate surface area is 289 Å². The maximum atomic E-state index is 14.0. The van der Waals surface area contributed by atoms with E-state index in [4.69, 9.17) is 17.7 Å². The van der Waals surface area contributed by atoms with Gasteiger partial charge in [-0.2, -0.15) is 0 Å². The summed E-state index contributed by atoms with van der Waals surface area (Å²) in [7, 11) is 0. The second-order valence-corrected chi connectivity index (χ2v) is 12.9. The van der Waals surface area contributed by atoms with Crippen LogP contribution in [0.15, 0.2) is 72.2 Å². The van der Waals surface area contributed by atoms with Gasteiger partial charge in [0.1, 0.15) is 47.3 Å². The molecule has 16 heteroatoms. The number of carbonyl (C=O) groups is 3. The summed E-state index contributed by atoms with van der Waals surface area (Å²) in [6.07, 6.45) is 4.74. The van der Waals surface area contributed by atoms with Crippen molar-refractivity contribution in [1.29, 1.82) is 0 Å². The van der Waals surface area contributed by atoms with Gasteiger partial charge in [-0.1, -0.05) is 64.4 Å². The Morgan fingerprint density at radius 1 is 0.780 bits per heavy atom. The van der Waals surface area contributed by atoms with E-state index in [1.54, 1.807) is 17.5 Å². The van der Waals surface area contributed by atoms with Gasteiger partial charge in [0.25, 0.3) is 5.91 Å². The predicted octanol–water partition coefficient (Wildman–Crippen LogP) is 5.35. The van der Waals surface area contributed by atoms with Crippen molar-refractivity contribution in [1.82, 2.24) is 40.9 Å². The number of thiazole rings is 1. The van der Waals surface area contributed by atoms with E-state index in [0.717, 1.165) is 0 Å². The van der Waals surface area contributed by atoms with E-state index in [0.29, 0.717) is 39.8 Å². The third kappa shape index (κ3) is 6.44. The number of rotatable bonds is 4. The molecule has 3 amide bonds. The molecule has 0 unspecified atom stereocenters. The van der Waals surface area contributed by atoms with Gasteiger partial charge in [0.2, 0.25) is 35.4 Å². The minimum absolute atomic E-state index is 0.0228. The Morgan fingerprint density at radius 2 is 1.48 bits per heavy atom. The highest BCUT2D eigenvalue weighted by atomic mass is 32.1. The van der Waals surface area contributed by atoms with Crippen molar-refractivity contribution in [2.24, 2.45) is 11.8 Å². The highest BCUT2D eigenvalue weighted by Crippen LogP contribution is 2.34. The minimum Gasteiger partial charge on any atom is -0.446 e. The minimum atomic E-state index is -0.997. The lowest BCUT2D eigenvalue weighted by Gasteiger charge is -2.27. The molecule has 1 aliphatic heterocycles. The fraction of sp³-hybridized carbons (Fsp3) is 0.294. The molecule has 5 aromatic heterocycles. The molecular formula is C34H32N8O7S. The Balaban J connectivity index is 1.30. The number of fused-ring (bicyclic) bond motifs is 14. The van der Waals surface area contributed by atoms with Crippen molar-refractivity contribution in [2.75, 3.05) is 0 Å². The standard InChI is InChI=1S/C34H32N8O7S/c1-5-17(4)25-29(44)40-24(16(2)3)28(43)35-11-23-36-19(12-46-23)31-37-20(13-47-31)32-38-21(14-48-32)34-39-22(15-50-34)33-42-26(30(45)41-25)27(49-33)18-9-7-6-8-10-18/h6-10,12-17,24-25H,5,11H2,1-4H3,(H,35,43)(H,40,44)(H,41,45)/t17-,24-,25-/m1/s1. The third-order valence-corrected chi connectivity index (χ3v) is 9.13. The molecule has 15 nitrogen and oxygen atoms in total. The second-order valence-electron chi connectivity index (χ2n) is 12.1. The lowest BCUT2D eigenvalue weighted by Crippen LogP contribution is -2.57. The molecule has 6 aromatic rings. The SMILES string of the molecule is CC[C@@H](C)[C@H]1NC(=O)c2nc(oc2-c2ccccc2)-c2csc(n2)-c2coc(n2)-c2coc(n2)-c2coc(n2)CNC(=O)[C@@H](C(C)C)NC1=O. The van der Waals surface area contributed by atoms with Gasteiger partial charge >= 0.3 is 0 Å². The van der Waals surface area contributed by atoms with Crippen molar-refractivity contribution >= 4 is 29.1 Å². The number of aromatic nitrogens is 5. The average molecular weight is 697 g/mol. The highest BCUT2D eigenvalue weighted by Gasteiger charge is 2.34. The molecule has 0 fully saturated rings. The molecule has 0 spiro atoms. The molecular weight excluding hydrogens is 664 g/mol. The van der Waals surface area contributed by atoms with Crippen LogP contribution >= 0.6 is 11.3 Å². The predicted molar refractivity (Wildman–Crippen MR) is 179 cm³/mol. The number of benzene rings is 1. The lowest BCUT2D eigenvalue weighted by molar-refractivity contribution is -0.131. The number of hydrogen-bond donors (Lipinski definition) is 3. The Morgan fingerprint density at radius 3 is 2.22 bits per heavy atom. The van der Waals surface area contributed by atoms with E-state index in [9.17, 15) is 14.4 Å². The van der Waals surface area contributed by atoms with E-state index in [1.165, 1.54) is 30.1 Å². The van der Waals surface area contributed by atoms with E-state index < -0.39 is 29.8 Å². The van der Waals surface area contributed by atoms with Crippen LogP contribution in [0.3, 0.4) is 0 Å². The van der Waals surface area contributed by atoms with Crippen LogP contribution in [0.1, 0.15) is 50.5 Å². The Hall–Kier alpha value is -5.90. The zero-order chi connectivity index (χ0) is 34.9. The number of nitrogens with one attached hydrogen (secondary N) is 3. The second kappa shape index (κ2) is 13.5. The number of amides is 3. The number of nitrogens with zero attached hydrogens (tertiary/aromatic N) is 5. The van der Waals surface area contributed by atoms with Gasteiger partial charge in [0.15, 0.2) is 22.8 Å². The normalized spacial score (nSPS) is 17.5. The van der Waals surface area contributed by atoms with Gasteiger partial charge in [-0.25, -0.2) is 24.9 Å². The first-order chi connectivity index (χ1) is 24.2. The maximum Gasteiger partial charge on any atom is 0.274 e. The molecule has 0 saturated carbocycles. The van der Waals surface area contributed by atoms with Crippen LogP contribution in [0.2, 0.25) is 0 Å². The number of hydrogen-bond acceptors (Lipinski definition) is 13. The lowest BCUT2D eigenvalue weighted by atomic mass is 9.96. The molecule has 7 rings (SSSR count). The van der Waals surface area contributed by atoms with Crippen molar-refractivity contribution in [3.63, 3.8) is 0 Å². The molecule has 3 atom stereocenters. The fourth-order valence-electron chi connectivity index (χ4n) is 5.29. The summed E-state index contributed by atoms with van der Waals surface area (Å²) in [4.78, 5) is 63.8. The van der Waals surface area contributed by atoms with Gasteiger partial charge in [-0.3, -0.25) is 14.4 Å². The summed E-state index contributed by atoms with van der Waals surface area (Å²) in [5, 5.41) is 10.7. The first-order valence-electron chi connectivity index (χ1n) is 16.0. The van der Waals surface area contributed by atoms with Gasteiger partial charge in [0.05, 0.1) is 6.54 Å². The molecule has 0 saturated heterocycles. The summed E-state index contributed by atoms with van der Waals surface area (Å²) in [5.74, 6) is -1.33. The molecule has 0 aliphatic carbocycles. The average Bonchev–Trinajstić information content (AvgIpc) is 3.96. The summed E-state index contributed by atoms with van der Waals surface area (Å²) < 4.78 is 23.0. The van der Waals surface area contributed by atoms with Crippen molar-refractivity contribution in [3.8, 4) is 56.8 Å². The van der Waals surface area contributed by atoms with Gasteiger partial charge in [0, 0.05) is 10.9 Å². The van der Waals surface area contributed by atoms with Gasteiger partial charge in [-0.15, -0.1) is 11.3 Å². The monoisotopic (exact) mass is 696 g/mol. The first kappa shape index (κ1) is 32.6. The van der Waals surface area contributed by atoms with Crippen LogP contribution in [0.25, 0.3) is 56.8 Å². The fourth-order valence-corrected chi connectivity index (χ4v) is 6.03. The van der Waals surface area contributed by atoms with Crippen LogP contribution in [-0.4, -0.2) is 54.7 Å². The maximum absolute atomic E-state index is 14.0. The van der Waals surface area contributed by atoms with Crippen molar-refractivity contribution in [3.05, 3.63) is 66.1 Å². The molecule has 3 N–H and O–H groups in total. The van der Waals surface area contributed by atoms with Crippen LogP contribution in [0.4, 0.5) is 0 Å². The van der Waals surface area contributed by atoms with Crippen LogP contribution in [0, 0.1) is 11.8 Å². The molecule has 1 aliphatic rings. The zero-order valence-corrected chi connectivity index (χ0v) is 28.2. The van der Waals surface area contributed by atoms with Crippen LogP contribution in [-0.2, 0) is 16.1 Å². The van der Waals surface area contributed by atoms with Gasteiger partial charge < -0.3 is 33.6 Å². The summed E-state index contributed by atoms with van der Waals surface area (Å²) >= 11 is 1.28. The van der Waals surface area contributed by atoms with E-state index >= 15 is 0 Å². The Bertz CT molecular complexity index is 2160. The highest BCUT2D eigenvalue weighted by molar-refractivity contribution is 7.13. The largest absolute Gasteiger partial charge is 0.446 e. The number of oxazole rings is 4. The van der Waals surface area contributed by atoms with Gasteiger partial charge in [-0.05, 0) is 11.8 Å². The van der Waals surface area contributed by atoms with E-state index in [1.807, 2.05) is 45.9 Å². The molecule has 0 radical (unpaired) electrons. The van der Waals surface area contributed by atoms with Crippen LogP contribution in [0.5, 0.6) is 0 Å². The summed E-state index contributed by atoms with van der Waals surface area (Å²) in [6.45, 7) is 7.31.